The molecule has 0 aliphatic rings. The molecule has 80 valence electrons. The van der Waals surface area contributed by atoms with Crippen LogP contribution in [0.5, 0.6) is 0 Å². The number of aryl methyl sites for hydroxylation is 1. The fourth-order valence-corrected chi connectivity index (χ4v) is 1.45. The Kier molecular flexibility index (Phi) is 4.10. The van der Waals surface area contributed by atoms with E-state index in [1.165, 1.54) is 6.20 Å². The minimum absolute atomic E-state index is 0.639. The summed E-state index contributed by atoms with van der Waals surface area (Å²) in [4.78, 5) is 0.657. The summed E-state index contributed by atoms with van der Waals surface area (Å²) < 4.78 is 13.2. The van der Waals surface area contributed by atoms with E-state index in [-0.39, 0.29) is 0 Å². The van der Waals surface area contributed by atoms with Crippen LogP contribution in [0.1, 0.15) is 19.4 Å². The van der Waals surface area contributed by atoms with E-state index in [0.717, 1.165) is 11.1 Å². The van der Waals surface area contributed by atoms with Gasteiger partial charge in [0.15, 0.2) is 0 Å². The minimum atomic E-state index is 0.639. The van der Waals surface area contributed by atoms with Gasteiger partial charge in [-0.15, -0.1) is 0 Å². The van der Waals surface area contributed by atoms with Crippen molar-refractivity contribution in [2.24, 2.45) is 0 Å². The Hall–Kier alpha value is -1.57. The van der Waals surface area contributed by atoms with E-state index in [1.54, 1.807) is 6.07 Å². The molecular formula is C13H16FN. The van der Waals surface area contributed by atoms with Crippen molar-refractivity contribution < 1.29 is 4.48 Å². The predicted octanol–water partition coefficient (Wildman–Crippen LogP) is 4.22. The fraction of sp³-hybridized carbons (Fsp3) is 0.231. The first kappa shape index (κ1) is 11.5. The fourth-order valence-electron chi connectivity index (χ4n) is 1.45. The van der Waals surface area contributed by atoms with Crippen molar-refractivity contribution in [3.8, 4) is 11.3 Å². The lowest BCUT2D eigenvalue weighted by molar-refractivity contribution is 0.376. The van der Waals surface area contributed by atoms with Crippen LogP contribution >= 0.6 is 0 Å². The molecule has 0 aliphatic carbocycles. The second kappa shape index (κ2) is 5.35. The second-order valence-electron chi connectivity index (χ2n) is 3.02. The van der Waals surface area contributed by atoms with Gasteiger partial charge in [-0.1, -0.05) is 48.7 Å². The molecule has 1 aromatic heterocycles. The summed E-state index contributed by atoms with van der Waals surface area (Å²) in [5.41, 5.74) is 2.50. The summed E-state index contributed by atoms with van der Waals surface area (Å²) in [6.07, 6.45) is 1.43. The molecule has 0 N–H and O–H groups in total. The molecular weight excluding hydrogens is 189 g/mol. The molecule has 1 aromatic carbocycles. The van der Waals surface area contributed by atoms with Crippen LogP contribution in [0.25, 0.3) is 11.3 Å². The van der Waals surface area contributed by atoms with E-state index >= 15 is 0 Å². The molecule has 0 saturated heterocycles. The minimum Gasteiger partial charge on any atom is -0.186 e. The van der Waals surface area contributed by atoms with Gasteiger partial charge >= 0.3 is 0 Å². The molecule has 15 heavy (non-hydrogen) atoms. The van der Waals surface area contributed by atoms with Gasteiger partial charge in [-0.2, -0.15) is 4.79 Å². The second-order valence-corrected chi connectivity index (χ2v) is 3.02. The average Bonchev–Trinajstić information content (AvgIpc) is 2.63. The van der Waals surface area contributed by atoms with Gasteiger partial charge in [0.25, 0.3) is 0 Å². The number of hydrogen-bond donors (Lipinski definition) is 0. The van der Waals surface area contributed by atoms with Gasteiger partial charge in [-0.3, -0.25) is 0 Å². The Bertz CT molecular complexity index is 384. The first-order valence-electron chi connectivity index (χ1n) is 5.18. The van der Waals surface area contributed by atoms with Gasteiger partial charge in [0, 0.05) is 11.8 Å². The van der Waals surface area contributed by atoms with Crippen LogP contribution in [0.4, 0.5) is 4.48 Å². The van der Waals surface area contributed by atoms with E-state index < -0.39 is 0 Å². The summed E-state index contributed by atoms with van der Waals surface area (Å²) in [7, 11) is 0. The maximum Gasteiger partial charge on any atom is 0.0841 e. The molecule has 0 atom stereocenters. The van der Waals surface area contributed by atoms with Gasteiger partial charge in [-0.25, -0.2) is 0 Å². The zero-order valence-corrected chi connectivity index (χ0v) is 9.37. The number of rotatable bonds is 1. The molecule has 2 aromatic rings. The third-order valence-electron chi connectivity index (χ3n) is 2.09. The van der Waals surface area contributed by atoms with Crippen LogP contribution in [-0.4, -0.2) is 4.79 Å². The van der Waals surface area contributed by atoms with Gasteiger partial charge < -0.3 is 0 Å². The molecule has 1 heterocycles. The normalized spacial score (nSPS) is 9.33. The molecule has 0 spiro atoms. The maximum atomic E-state index is 13.2. The Morgan fingerprint density at radius 3 is 2.07 bits per heavy atom. The molecule has 2 heteroatoms. The Labute approximate surface area is 90.1 Å². The van der Waals surface area contributed by atoms with Crippen LogP contribution in [0.2, 0.25) is 0 Å². The standard InChI is InChI=1S/C11H10FN.C2H6/c1-9-7-8-13(12)11(9)10-5-3-2-4-6-10;1-2/h2-8H,1H3;1-2H3. The van der Waals surface area contributed by atoms with Crippen LogP contribution < -0.4 is 0 Å². The number of aromatic nitrogens is 1. The third-order valence-corrected chi connectivity index (χ3v) is 2.09. The van der Waals surface area contributed by atoms with Gasteiger partial charge in [-0.05, 0) is 18.6 Å². The molecule has 0 unspecified atom stereocenters. The van der Waals surface area contributed by atoms with Crippen molar-refractivity contribution in [2.45, 2.75) is 20.8 Å². The number of halogens is 1. The Balaban J connectivity index is 0.000000531. The summed E-state index contributed by atoms with van der Waals surface area (Å²) in [5, 5.41) is 0. The molecule has 1 nitrogen and oxygen atoms in total. The molecule has 2 rings (SSSR count). The zero-order valence-electron chi connectivity index (χ0n) is 9.37. The van der Waals surface area contributed by atoms with Gasteiger partial charge in [0.05, 0.1) is 5.69 Å². The topological polar surface area (TPSA) is 4.93 Å². The Morgan fingerprint density at radius 1 is 1.00 bits per heavy atom. The first-order valence-corrected chi connectivity index (χ1v) is 5.18. The van der Waals surface area contributed by atoms with Crippen molar-refractivity contribution in [1.82, 2.24) is 4.79 Å². The average molecular weight is 205 g/mol. The van der Waals surface area contributed by atoms with Crippen LogP contribution in [0, 0.1) is 6.92 Å². The molecule has 0 saturated carbocycles. The third kappa shape index (κ3) is 2.46. The monoisotopic (exact) mass is 205 g/mol. The van der Waals surface area contributed by atoms with E-state index in [4.69, 9.17) is 0 Å². The van der Waals surface area contributed by atoms with E-state index in [9.17, 15) is 4.48 Å². The van der Waals surface area contributed by atoms with Crippen LogP contribution in [0.15, 0.2) is 42.6 Å². The first-order chi connectivity index (χ1) is 7.29. The van der Waals surface area contributed by atoms with Crippen molar-refractivity contribution in [2.75, 3.05) is 0 Å². The van der Waals surface area contributed by atoms with E-state index in [0.29, 0.717) is 10.5 Å². The zero-order chi connectivity index (χ0) is 11.3. The molecule has 0 bridgehead atoms. The maximum absolute atomic E-state index is 13.2. The SMILES string of the molecule is CC.Cc1ccn(F)c1-c1ccccc1. The highest BCUT2D eigenvalue weighted by atomic mass is 19.2. The smallest absolute Gasteiger partial charge is 0.0841 e. The molecule has 0 fully saturated rings. The van der Waals surface area contributed by atoms with Crippen molar-refractivity contribution in [1.29, 1.82) is 0 Å². The number of nitrogens with zero attached hydrogens (tertiary/aromatic N) is 1. The summed E-state index contributed by atoms with van der Waals surface area (Å²) in [6.45, 7) is 5.90. The van der Waals surface area contributed by atoms with Gasteiger partial charge in [0.2, 0.25) is 0 Å². The lowest BCUT2D eigenvalue weighted by Gasteiger charge is -2.01. The highest BCUT2D eigenvalue weighted by molar-refractivity contribution is 5.63. The highest BCUT2D eigenvalue weighted by Gasteiger charge is 2.06. The van der Waals surface area contributed by atoms with Crippen molar-refractivity contribution >= 4 is 0 Å². The van der Waals surface area contributed by atoms with E-state index in [1.807, 2.05) is 51.1 Å². The van der Waals surface area contributed by atoms with Crippen LogP contribution in [0.3, 0.4) is 0 Å². The number of hydrogen-bond acceptors (Lipinski definition) is 0. The summed E-state index contributed by atoms with van der Waals surface area (Å²) in [6, 6.07) is 11.3. The predicted molar refractivity (Wildman–Crippen MR) is 62.5 cm³/mol. The quantitative estimate of drug-likeness (QED) is 0.656. The van der Waals surface area contributed by atoms with Gasteiger partial charge in [0.1, 0.15) is 0 Å². The van der Waals surface area contributed by atoms with Crippen molar-refractivity contribution in [3.63, 3.8) is 0 Å². The van der Waals surface area contributed by atoms with Crippen molar-refractivity contribution in [3.05, 3.63) is 48.2 Å². The number of benzene rings is 1. The lowest BCUT2D eigenvalue weighted by atomic mass is 10.1. The Morgan fingerprint density at radius 2 is 1.60 bits per heavy atom. The largest absolute Gasteiger partial charge is 0.186 e. The lowest BCUT2D eigenvalue weighted by Crippen LogP contribution is -1.86. The molecule has 0 aliphatic heterocycles. The van der Waals surface area contributed by atoms with Crippen LogP contribution in [-0.2, 0) is 0 Å². The molecule has 0 radical (unpaired) electrons. The van der Waals surface area contributed by atoms with E-state index in [2.05, 4.69) is 0 Å². The molecule has 0 amide bonds. The summed E-state index contributed by atoms with van der Waals surface area (Å²) in [5.74, 6) is 0. The summed E-state index contributed by atoms with van der Waals surface area (Å²) >= 11 is 0. The highest BCUT2D eigenvalue weighted by Crippen LogP contribution is 2.23.